The molecule has 0 saturated carbocycles. The predicted molar refractivity (Wildman–Crippen MR) is 112 cm³/mol. The molecule has 1 aliphatic heterocycles. The van der Waals surface area contributed by atoms with E-state index in [2.05, 4.69) is 22.7 Å². The standard InChI is InChI=1S/C21H22N4O2S/c1-14-18(15(2)25(24-14)17-6-4-3-5-7-17)12-23-21(28)22-11-16-8-9-19-20(10-16)27-13-26-19/h3-10H,11-13H2,1-2H3,(H2,22,23,28). The van der Waals surface area contributed by atoms with E-state index in [0.29, 0.717) is 18.2 Å². The third-order valence-electron chi connectivity index (χ3n) is 4.76. The first kappa shape index (κ1) is 18.3. The zero-order valence-electron chi connectivity index (χ0n) is 15.9. The van der Waals surface area contributed by atoms with Crippen LogP contribution < -0.4 is 20.1 Å². The number of thiocarbonyl (C=S) groups is 1. The van der Waals surface area contributed by atoms with Gasteiger partial charge in [-0.3, -0.25) is 0 Å². The highest BCUT2D eigenvalue weighted by Crippen LogP contribution is 2.32. The monoisotopic (exact) mass is 394 g/mol. The molecule has 0 amide bonds. The van der Waals surface area contributed by atoms with Gasteiger partial charge in [0, 0.05) is 24.3 Å². The molecule has 4 rings (SSSR count). The van der Waals surface area contributed by atoms with Gasteiger partial charge in [-0.1, -0.05) is 24.3 Å². The van der Waals surface area contributed by atoms with Crippen LogP contribution in [0.25, 0.3) is 5.69 Å². The summed E-state index contributed by atoms with van der Waals surface area (Å²) in [5.41, 5.74) is 5.38. The minimum atomic E-state index is 0.279. The highest BCUT2D eigenvalue weighted by atomic mass is 32.1. The number of para-hydroxylation sites is 1. The van der Waals surface area contributed by atoms with Crippen LogP contribution in [0, 0.1) is 13.8 Å². The quantitative estimate of drug-likeness (QED) is 0.647. The van der Waals surface area contributed by atoms with Crippen LogP contribution in [0.2, 0.25) is 0 Å². The first-order valence-corrected chi connectivity index (χ1v) is 9.53. The molecule has 0 fully saturated rings. The lowest BCUT2D eigenvalue weighted by atomic mass is 10.2. The van der Waals surface area contributed by atoms with E-state index in [1.54, 1.807) is 0 Å². The van der Waals surface area contributed by atoms with Gasteiger partial charge in [-0.25, -0.2) is 4.68 Å². The van der Waals surface area contributed by atoms with Crippen molar-refractivity contribution >= 4 is 17.3 Å². The van der Waals surface area contributed by atoms with Crippen LogP contribution in [-0.4, -0.2) is 21.7 Å². The number of nitrogens with zero attached hydrogens (tertiary/aromatic N) is 2. The van der Waals surface area contributed by atoms with Crippen LogP contribution in [0.5, 0.6) is 11.5 Å². The lowest BCUT2D eigenvalue weighted by Gasteiger charge is -2.11. The summed E-state index contributed by atoms with van der Waals surface area (Å²) < 4.78 is 12.7. The maximum atomic E-state index is 5.43. The molecular formula is C21H22N4O2S. The van der Waals surface area contributed by atoms with Gasteiger partial charge in [-0.05, 0) is 55.9 Å². The molecule has 2 N–H and O–H groups in total. The van der Waals surface area contributed by atoms with Crippen molar-refractivity contribution in [3.63, 3.8) is 0 Å². The summed E-state index contributed by atoms with van der Waals surface area (Å²) in [7, 11) is 0. The van der Waals surface area contributed by atoms with E-state index in [9.17, 15) is 0 Å². The van der Waals surface area contributed by atoms with E-state index in [-0.39, 0.29) is 6.79 Å². The maximum absolute atomic E-state index is 5.43. The molecule has 28 heavy (non-hydrogen) atoms. The van der Waals surface area contributed by atoms with Crippen LogP contribution in [0.4, 0.5) is 0 Å². The Balaban J connectivity index is 1.35. The second-order valence-corrected chi connectivity index (χ2v) is 7.03. The van der Waals surface area contributed by atoms with Gasteiger partial charge in [0.05, 0.1) is 11.4 Å². The fourth-order valence-corrected chi connectivity index (χ4v) is 3.36. The number of benzene rings is 2. The number of ether oxygens (including phenoxy) is 2. The first-order valence-electron chi connectivity index (χ1n) is 9.12. The second kappa shape index (κ2) is 7.90. The Bertz CT molecular complexity index is 1000. The van der Waals surface area contributed by atoms with E-state index in [1.165, 1.54) is 0 Å². The fraction of sp³-hybridized carbons (Fsp3) is 0.238. The Morgan fingerprint density at radius 2 is 1.79 bits per heavy atom. The summed E-state index contributed by atoms with van der Waals surface area (Å²) >= 11 is 5.43. The molecular weight excluding hydrogens is 372 g/mol. The van der Waals surface area contributed by atoms with Crippen LogP contribution >= 0.6 is 12.2 Å². The van der Waals surface area contributed by atoms with Crippen LogP contribution in [-0.2, 0) is 13.1 Å². The third kappa shape index (κ3) is 3.80. The van der Waals surface area contributed by atoms with Crippen LogP contribution in [0.3, 0.4) is 0 Å². The molecule has 7 heteroatoms. The average Bonchev–Trinajstić information content (AvgIpc) is 3.29. The molecule has 0 bridgehead atoms. The van der Waals surface area contributed by atoms with Crippen molar-refractivity contribution in [2.45, 2.75) is 26.9 Å². The molecule has 0 radical (unpaired) electrons. The van der Waals surface area contributed by atoms with Crippen molar-refractivity contribution in [3.05, 3.63) is 71.0 Å². The Morgan fingerprint density at radius 3 is 2.61 bits per heavy atom. The molecule has 144 valence electrons. The van der Waals surface area contributed by atoms with Crippen molar-refractivity contribution < 1.29 is 9.47 Å². The summed E-state index contributed by atoms with van der Waals surface area (Å²) in [4.78, 5) is 0. The van der Waals surface area contributed by atoms with Gasteiger partial charge in [0.25, 0.3) is 0 Å². The molecule has 1 aliphatic rings. The molecule has 2 heterocycles. The average molecular weight is 395 g/mol. The molecule has 2 aromatic carbocycles. The zero-order chi connectivity index (χ0) is 19.5. The Morgan fingerprint density at radius 1 is 1.04 bits per heavy atom. The first-order chi connectivity index (χ1) is 13.6. The van der Waals surface area contributed by atoms with Gasteiger partial charge in [0.1, 0.15) is 0 Å². The van der Waals surface area contributed by atoms with Gasteiger partial charge >= 0.3 is 0 Å². The topological polar surface area (TPSA) is 60.3 Å². The van der Waals surface area contributed by atoms with Gasteiger partial charge in [-0.2, -0.15) is 5.10 Å². The van der Waals surface area contributed by atoms with Gasteiger partial charge < -0.3 is 20.1 Å². The van der Waals surface area contributed by atoms with Crippen molar-refractivity contribution in [1.82, 2.24) is 20.4 Å². The predicted octanol–water partition coefficient (Wildman–Crippen LogP) is 3.38. The summed E-state index contributed by atoms with van der Waals surface area (Å²) in [6.45, 7) is 5.61. The smallest absolute Gasteiger partial charge is 0.231 e. The Labute approximate surface area is 169 Å². The molecule has 0 saturated heterocycles. The molecule has 6 nitrogen and oxygen atoms in total. The molecule has 0 atom stereocenters. The summed E-state index contributed by atoms with van der Waals surface area (Å²) in [5.74, 6) is 1.56. The van der Waals surface area contributed by atoms with Crippen molar-refractivity contribution in [2.24, 2.45) is 0 Å². The summed E-state index contributed by atoms with van der Waals surface area (Å²) in [5, 5.41) is 11.8. The van der Waals surface area contributed by atoms with Crippen molar-refractivity contribution in [2.75, 3.05) is 6.79 Å². The van der Waals surface area contributed by atoms with Crippen molar-refractivity contribution in [3.8, 4) is 17.2 Å². The van der Waals surface area contributed by atoms with E-state index in [1.807, 2.05) is 60.1 Å². The third-order valence-corrected chi connectivity index (χ3v) is 5.05. The maximum Gasteiger partial charge on any atom is 0.231 e. The number of hydrogen-bond acceptors (Lipinski definition) is 4. The normalized spacial score (nSPS) is 12.1. The molecule has 1 aromatic heterocycles. The highest BCUT2D eigenvalue weighted by molar-refractivity contribution is 7.80. The summed E-state index contributed by atoms with van der Waals surface area (Å²) in [6.07, 6.45) is 0. The minimum absolute atomic E-state index is 0.279. The van der Waals surface area contributed by atoms with Gasteiger partial charge in [-0.15, -0.1) is 0 Å². The van der Waals surface area contributed by atoms with Crippen molar-refractivity contribution in [1.29, 1.82) is 0 Å². The Kier molecular flexibility index (Phi) is 5.16. The number of aromatic nitrogens is 2. The van der Waals surface area contributed by atoms with E-state index >= 15 is 0 Å². The largest absolute Gasteiger partial charge is 0.454 e. The highest BCUT2D eigenvalue weighted by Gasteiger charge is 2.14. The molecule has 0 unspecified atom stereocenters. The molecule has 3 aromatic rings. The number of hydrogen-bond donors (Lipinski definition) is 2. The number of nitrogens with one attached hydrogen (secondary N) is 2. The number of rotatable bonds is 5. The van der Waals surface area contributed by atoms with E-state index in [0.717, 1.165) is 39.7 Å². The molecule has 0 aliphatic carbocycles. The fourth-order valence-electron chi connectivity index (χ4n) is 3.22. The van der Waals surface area contributed by atoms with Crippen LogP contribution in [0.15, 0.2) is 48.5 Å². The molecule has 0 spiro atoms. The second-order valence-electron chi connectivity index (χ2n) is 6.62. The zero-order valence-corrected chi connectivity index (χ0v) is 16.7. The minimum Gasteiger partial charge on any atom is -0.454 e. The summed E-state index contributed by atoms with van der Waals surface area (Å²) in [6, 6.07) is 16.0. The lowest BCUT2D eigenvalue weighted by Crippen LogP contribution is -2.34. The number of fused-ring (bicyclic) bond motifs is 1. The van der Waals surface area contributed by atoms with E-state index in [4.69, 9.17) is 21.7 Å². The SMILES string of the molecule is Cc1nn(-c2ccccc2)c(C)c1CNC(=S)NCc1ccc2c(c1)OCO2. The Hall–Kier alpha value is -3.06. The van der Waals surface area contributed by atoms with Crippen LogP contribution in [0.1, 0.15) is 22.5 Å². The number of aryl methyl sites for hydroxylation is 1. The van der Waals surface area contributed by atoms with Gasteiger partial charge in [0.15, 0.2) is 16.6 Å². The van der Waals surface area contributed by atoms with E-state index < -0.39 is 0 Å². The lowest BCUT2D eigenvalue weighted by molar-refractivity contribution is 0.174. The van der Waals surface area contributed by atoms with Gasteiger partial charge in [0.2, 0.25) is 6.79 Å².